The van der Waals surface area contributed by atoms with Gasteiger partial charge in [-0.25, -0.2) is 0 Å². The van der Waals surface area contributed by atoms with Gasteiger partial charge in [0.05, 0.1) is 16.4 Å². The van der Waals surface area contributed by atoms with Crippen molar-refractivity contribution in [2.75, 3.05) is 0 Å². The van der Waals surface area contributed by atoms with Crippen LogP contribution in [0.1, 0.15) is 38.8 Å². The quantitative estimate of drug-likeness (QED) is 0.727. The molecule has 1 aromatic heterocycles. The number of nitrogens with zero attached hydrogens (tertiary/aromatic N) is 2. The minimum atomic E-state index is 1.05. The van der Waals surface area contributed by atoms with Gasteiger partial charge in [-0.1, -0.05) is 26.7 Å². The van der Waals surface area contributed by atoms with Crippen LogP contribution in [0.3, 0.4) is 0 Å². The number of unbranched alkanes of at least 4 members (excludes halogenated alkanes) is 2. The molecular weight excluding hydrogens is 228 g/mol. The average Bonchev–Trinajstić information content (AvgIpc) is 2.47. The molecule has 3 heteroatoms. The van der Waals surface area contributed by atoms with Crippen molar-refractivity contribution in [1.29, 1.82) is 0 Å². The van der Waals surface area contributed by atoms with Crippen LogP contribution in [0.2, 0.25) is 0 Å². The van der Waals surface area contributed by atoms with E-state index >= 15 is 0 Å². The smallest absolute Gasteiger partial charge is 0.0635 e. The minimum absolute atomic E-state index is 1.05. The molecule has 0 spiro atoms. The molecule has 0 atom stereocenters. The molecule has 2 nitrogen and oxygen atoms in total. The Balaban J connectivity index is 2.55. The van der Waals surface area contributed by atoms with Gasteiger partial charge in [0.15, 0.2) is 0 Å². The van der Waals surface area contributed by atoms with Crippen molar-refractivity contribution in [1.82, 2.24) is 9.78 Å². The largest absolute Gasteiger partial charge is 0.268 e. The van der Waals surface area contributed by atoms with E-state index in [2.05, 4.69) is 39.6 Å². The zero-order valence-corrected chi connectivity index (χ0v) is 9.97. The summed E-state index contributed by atoms with van der Waals surface area (Å²) in [4.78, 5) is 0. The predicted molar refractivity (Wildman–Crippen MR) is 58.8 cm³/mol. The highest BCUT2D eigenvalue weighted by atomic mass is 79.9. The molecule has 0 amide bonds. The van der Waals surface area contributed by atoms with Gasteiger partial charge in [-0.15, -0.1) is 0 Å². The Hall–Kier alpha value is -0.310. The number of hydrogen-bond donors (Lipinski definition) is 0. The monoisotopic (exact) mass is 244 g/mol. The van der Waals surface area contributed by atoms with Gasteiger partial charge >= 0.3 is 0 Å². The summed E-state index contributed by atoms with van der Waals surface area (Å²) in [5.41, 5.74) is 1.32. The molecule has 0 aliphatic carbocycles. The molecule has 0 N–H and O–H groups in total. The Bertz CT molecular complexity index is 255. The summed E-state index contributed by atoms with van der Waals surface area (Å²) in [5.74, 6) is 0. The van der Waals surface area contributed by atoms with E-state index in [1.165, 1.54) is 25.0 Å². The second kappa shape index (κ2) is 5.43. The first-order chi connectivity index (χ1) is 6.29. The summed E-state index contributed by atoms with van der Waals surface area (Å²) < 4.78 is 3.26. The third-order valence-corrected chi connectivity index (χ3v) is 2.87. The molecule has 1 heterocycles. The maximum Gasteiger partial charge on any atom is 0.0635 e. The van der Waals surface area contributed by atoms with Gasteiger partial charge in [-0.3, -0.25) is 4.68 Å². The lowest BCUT2D eigenvalue weighted by atomic mass is 10.2. The molecule has 0 fully saturated rings. The summed E-state index contributed by atoms with van der Waals surface area (Å²) in [7, 11) is 0. The predicted octanol–water partition coefficient (Wildman–Crippen LogP) is 3.40. The molecule has 0 saturated carbocycles. The lowest BCUT2D eigenvalue weighted by Gasteiger charge is -2.05. The van der Waals surface area contributed by atoms with Crippen molar-refractivity contribution in [2.45, 2.75) is 46.1 Å². The van der Waals surface area contributed by atoms with Crippen LogP contribution in [0.5, 0.6) is 0 Å². The molecular formula is C10H17BrN2. The van der Waals surface area contributed by atoms with E-state index in [1.807, 2.05) is 6.20 Å². The number of aryl methyl sites for hydroxylation is 1. The van der Waals surface area contributed by atoms with Crippen LogP contribution in [0, 0.1) is 0 Å². The van der Waals surface area contributed by atoms with Gasteiger partial charge in [-0.2, -0.15) is 5.10 Å². The topological polar surface area (TPSA) is 17.8 Å². The standard InChI is InChI=1S/C10H17BrN2/c1-3-5-6-7-13-10(4-2)9(11)8-12-13/h8H,3-7H2,1-2H3. The van der Waals surface area contributed by atoms with Crippen LogP contribution in [0.15, 0.2) is 10.7 Å². The Morgan fingerprint density at radius 1 is 1.38 bits per heavy atom. The van der Waals surface area contributed by atoms with Gasteiger partial charge in [-0.05, 0) is 28.8 Å². The Labute approximate surface area is 88.5 Å². The van der Waals surface area contributed by atoms with Crippen LogP contribution >= 0.6 is 15.9 Å². The molecule has 74 valence electrons. The molecule has 0 bridgehead atoms. The van der Waals surface area contributed by atoms with E-state index in [9.17, 15) is 0 Å². The van der Waals surface area contributed by atoms with E-state index in [1.54, 1.807) is 0 Å². The molecule has 0 unspecified atom stereocenters. The second-order valence-corrected chi connectivity index (χ2v) is 4.08. The maximum atomic E-state index is 4.33. The third kappa shape index (κ3) is 2.83. The highest BCUT2D eigenvalue weighted by Crippen LogP contribution is 2.16. The van der Waals surface area contributed by atoms with Crippen molar-refractivity contribution in [3.8, 4) is 0 Å². The van der Waals surface area contributed by atoms with E-state index in [0.717, 1.165) is 17.4 Å². The number of halogens is 1. The molecule has 0 aliphatic rings. The van der Waals surface area contributed by atoms with Gasteiger partial charge in [0, 0.05) is 6.54 Å². The van der Waals surface area contributed by atoms with Crippen molar-refractivity contribution in [3.05, 3.63) is 16.4 Å². The fraction of sp³-hybridized carbons (Fsp3) is 0.700. The average molecular weight is 245 g/mol. The van der Waals surface area contributed by atoms with Crippen LogP contribution in [0.25, 0.3) is 0 Å². The normalized spacial score (nSPS) is 10.7. The number of rotatable bonds is 5. The van der Waals surface area contributed by atoms with Gasteiger partial charge in [0.25, 0.3) is 0 Å². The van der Waals surface area contributed by atoms with E-state index < -0.39 is 0 Å². The van der Waals surface area contributed by atoms with Crippen LogP contribution in [0.4, 0.5) is 0 Å². The summed E-state index contributed by atoms with van der Waals surface area (Å²) in [6.07, 6.45) is 6.74. The summed E-state index contributed by atoms with van der Waals surface area (Å²) in [5, 5.41) is 4.33. The Morgan fingerprint density at radius 3 is 2.77 bits per heavy atom. The molecule has 1 aromatic rings. The highest BCUT2D eigenvalue weighted by Gasteiger charge is 2.04. The maximum absolute atomic E-state index is 4.33. The third-order valence-electron chi connectivity index (χ3n) is 2.21. The molecule has 0 aromatic carbocycles. The zero-order chi connectivity index (χ0) is 9.68. The summed E-state index contributed by atoms with van der Waals surface area (Å²) in [6.45, 7) is 5.44. The molecule has 0 radical (unpaired) electrons. The van der Waals surface area contributed by atoms with Crippen LogP contribution < -0.4 is 0 Å². The van der Waals surface area contributed by atoms with Crippen LogP contribution in [-0.4, -0.2) is 9.78 Å². The fourth-order valence-electron chi connectivity index (χ4n) is 1.44. The van der Waals surface area contributed by atoms with E-state index in [0.29, 0.717) is 0 Å². The zero-order valence-electron chi connectivity index (χ0n) is 8.39. The lowest BCUT2D eigenvalue weighted by Crippen LogP contribution is -2.04. The van der Waals surface area contributed by atoms with Gasteiger partial charge in [0.1, 0.15) is 0 Å². The summed E-state index contributed by atoms with van der Waals surface area (Å²) in [6, 6.07) is 0. The van der Waals surface area contributed by atoms with Gasteiger partial charge < -0.3 is 0 Å². The first-order valence-corrected chi connectivity index (χ1v) is 5.79. The fourth-order valence-corrected chi connectivity index (χ4v) is 2.02. The Morgan fingerprint density at radius 2 is 2.15 bits per heavy atom. The second-order valence-electron chi connectivity index (χ2n) is 3.22. The van der Waals surface area contributed by atoms with Gasteiger partial charge in [0.2, 0.25) is 0 Å². The SMILES string of the molecule is CCCCCn1ncc(Br)c1CC. The molecule has 13 heavy (non-hydrogen) atoms. The van der Waals surface area contributed by atoms with Crippen molar-refractivity contribution in [3.63, 3.8) is 0 Å². The van der Waals surface area contributed by atoms with Crippen molar-refractivity contribution < 1.29 is 0 Å². The van der Waals surface area contributed by atoms with Crippen molar-refractivity contribution >= 4 is 15.9 Å². The highest BCUT2D eigenvalue weighted by molar-refractivity contribution is 9.10. The van der Waals surface area contributed by atoms with Crippen LogP contribution in [-0.2, 0) is 13.0 Å². The number of hydrogen-bond acceptors (Lipinski definition) is 1. The number of aromatic nitrogens is 2. The van der Waals surface area contributed by atoms with E-state index in [4.69, 9.17) is 0 Å². The van der Waals surface area contributed by atoms with E-state index in [-0.39, 0.29) is 0 Å². The summed E-state index contributed by atoms with van der Waals surface area (Å²) >= 11 is 3.50. The molecule has 1 rings (SSSR count). The van der Waals surface area contributed by atoms with Crippen molar-refractivity contribution in [2.24, 2.45) is 0 Å². The minimum Gasteiger partial charge on any atom is -0.268 e. The lowest BCUT2D eigenvalue weighted by molar-refractivity contribution is 0.535. The first kappa shape index (κ1) is 10.8. The Kier molecular flexibility index (Phi) is 4.50. The first-order valence-electron chi connectivity index (χ1n) is 4.99. The molecule has 0 aliphatic heterocycles. The molecule has 0 saturated heterocycles.